The first-order valence-corrected chi connectivity index (χ1v) is 12.9. The van der Waals surface area contributed by atoms with E-state index in [4.69, 9.17) is 4.74 Å². The molecule has 1 aromatic carbocycles. The number of ether oxygens (including phenoxy) is 1. The number of thiophene rings is 1. The highest BCUT2D eigenvalue weighted by Crippen LogP contribution is 2.25. The second kappa shape index (κ2) is 8.92. The predicted octanol–water partition coefficient (Wildman–Crippen LogP) is 1.49. The van der Waals surface area contributed by atoms with Gasteiger partial charge < -0.3 is 10.1 Å². The topological polar surface area (TPSA) is 110 Å². The Labute approximate surface area is 174 Å². The molecule has 0 spiro atoms. The zero-order chi connectivity index (χ0) is 21.1. The van der Waals surface area contributed by atoms with E-state index in [1.165, 1.54) is 28.6 Å². The summed E-state index contributed by atoms with van der Waals surface area (Å²) in [4.78, 5) is 13.2. The van der Waals surface area contributed by atoms with Crippen molar-refractivity contribution in [2.75, 3.05) is 32.1 Å². The summed E-state index contributed by atoms with van der Waals surface area (Å²) in [6, 6.07) is 8.95. The van der Waals surface area contributed by atoms with Crippen molar-refractivity contribution < 1.29 is 26.4 Å². The molecule has 29 heavy (non-hydrogen) atoms. The third kappa shape index (κ3) is 5.04. The molecule has 1 amide bonds. The molecule has 158 valence electrons. The van der Waals surface area contributed by atoms with Gasteiger partial charge in [0.1, 0.15) is 4.21 Å². The van der Waals surface area contributed by atoms with E-state index < -0.39 is 19.9 Å². The molecule has 8 nitrogen and oxygen atoms in total. The van der Waals surface area contributed by atoms with E-state index in [0.29, 0.717) is 36.7 Å². The van der Waals surface area contributed by atoms with Crippen LogP contribution >= 0.6 is 11.3 Å². The number of hydrogen-bond donors (Lipinski definition) is 1. The number of carbonyl (C=O) groups excluding carboxylic acids is 1. The van der Waals surface area contributed by atoms with E-state index in [2.05, 4.69) is 5.32 Å². The van der Waals surface area contributed by atoms with Gasteiger partial charge in [-0.15, -0.1) is 11.3 Å². The van der Waals surface area contributed by atoms with Crippen LogP contribution < -0.4 is 5.32 Å². The molecule has 2 aromatic rings. The van der Waals surface area contributed by atoms with E-state index in [9.17, 15) is 21.6 Å². The minimum Gasteiger partial charge on any atom is -0.379 e. The van der Waals surface area contributed by atoms with Crippen LogP contribution in [0.5, 0.6) is 0 Å². The van der Waals surface area contributed by atoms with Crippen LogP contribution in [-0.4, -0.2) is 59.1 Å². The largest absolute Gasteiger partial charge is 0.379 e. The summed E-state index contributed by atoms with van der Waals surface area (Å²) in [6.45, 7) is 3.16. The van der Waals surface area contributed by atoms with Crippen LogP contribution in [0, 0.1) is 0 Å². The van der Waals surface area contributed by atoms with Crippen molar-refractivity contribution in [1.29, 1.82) is 0 Å². The third-order valence-corrected chi connectivity index (χ3v) is 9.68. The van der Waals surface area contributed by atoms with Crippen LogP contribution in [0.25, 0.3) is 0 Å². The lowest BCUT2D eigenvalue weighted by molar-refractivity contribution is 0.0731. The SMILES string of the molecule is CCS(=O)(=O)c1ccc(C(=O)NCc2ccc(S(=O)(=O)N3CCOCC3)s2)cc1. The highest BCUT2D eigenvalue weighted by Gasteiger charge is 2.27. The van der Waals surface area contributed by atoms with Crippen LogP contribution in [0.4, 0.5) is 0 Å². The first-order valence-electron chi connectivity index (χ1n) is 9.01. The van der Waals surface area contributed by atoms with Gasteiger partial charge in [-0.05, 0) is 36.4 Å². The maximum atomic E-state index is 12.6. The summed E-state index contributed by atoms with van der Waals surface area (Å²) in [5, 5.41) is 2.73. The molecule has 3 rings (SSSR count). The smallest absolute Gasteiger partial charge is 0.252 e. The molecule has 11 heteroatoms. The molecule has 0 aliphatic carbocycles. The first-order chi connectivity index (χ1) is 13.7. The second-order valence-electron chi connectivity index (χ2n) is 6.35. The Morgan fingerprint density at radius 1 is 1.07 bits per heavy atom. The Hall–Kier alpha value is -1.79. The standard InChI is InChI=1S/C18H22N2O6S3/c1-2-28(22,23)16-6-3-14(4-7-16)18(21)19-13-15-5-8-17(27-15)29(24,25)20-9-11-26-12-10-20/h3-8H,2,9-13H2,1H3,(H,19,21). The summed E-state index contributed by atoms with van der Waals surface area (Å²) in [7, 11) is -6.87. The Bertz CT molecular complexity index is 1070. The molecular weight excluding hydrogens is 436 g/mol. The van der Waals surface area contributed by atoms with Crippen LogP contribution in [0.15, 0.2) is 45.5 Å². The summed E-state index contributed by atoms with van der Waals surface area (Å²) < 4.78 is 55.8. The third-order valence-electron chi connectivity index (χ3n) is 4.48. The normalized spacial score (nSPS) is 15.9. The number of sulfonamides is 1. The monoisotopic (exact) mass is 458 g/mol. The number of sulfone groups is 1. The fourth-order valence-corrected chi connectivity index (χ4v) is 6.50. The van der Waals surface area contributed by atoms with Crippen molar-refractivity contribution in [3.05, 3.63) is 46.8 Å². The molecular formula is C18H22N2O6S3. The van der Waals surface area contributed by atoms with Crippen molar-refractivity contribution in [2.45, 2.75) is 22.6 Å². The van der Waals surface area contributed by atoms with Crippen LogP contribution in [-0.2, 0) is 31.1 Å². The summed E-state index contributed by atoms with van der Waals surface area (Å²) in [5.74, 6) is -0.372. The highest BCUT2D eigenvalue weighted by atomic mass is 32.2. The number of carbonyl (C=O) groups is 1. The Morgan fingerprint density at radius 3 is 2.34 bits per heavy atom. The zero-order valence-corrected chi connectivity index (χ0v) is 18.3. The Morgan fingerprint density at radius 2 is 1.72 bits per heavy atom. The molecule has 0 saturated carbocycles. The van der Waals surface area contributed by atoms with E-state index >= 15 is 0 Å². The maximum Gasteiger partial charge on any atom is 0.252 e. The van der Waals surface area contributed by atoms with Gasteiger partial charge in [-0.3, -0.25) is 4.79 Å². The van der Waals surface area contributed by atoms with E-state index in [1.807, 2.05) is 0 Å². The number of rotatable bonds is 7. The molecule has 0 bridgehead atoms. The molecule has 0 radical (unpaired) electrons. The van der Waals surface area contributed by atoms with Crippen molar-refractivity contribution in [3.63, 3.8) is 0 Å². The summed E-state index contributed by atoms with van der Waals surface area (Å²) >= 11 is 1.11. The molecule has 0 atom stereocenters. The number of amides is 1. The van der Waals surface area contributed by atoms with Gasteiger partial charge in [-0.2, -0.15) is 4.31 Å². The number of benzene rings is 1. The van der Waals surface area contributed by atoms with Crippen LogP contribution in [0.2, 0.25) is 0 Å². The van der Waals surface area contributed by atoms with Gasteiger partial charge in [0.15, 0.2) is 9.84 Å². The lowest BCUT2D eigenvalue weighted by Gasteiger charge is -2.25. The van der Waals surface area contributed by atoms with Gasteiger partial charge in [0, 0.05) is 23.5 Å². The van der Waals surface area contributed by atoms with Crippen LogP contribution in [0.1, 0.15) is 22.2 Å². The molecule has 1 fully saturated rings. The molecule has 1 aliphatic rings. The highest BCUT2D eigenvalue weighted by molar-refractivity contribution is 7.91. The summed E-state index contributed by atoms with van der Waals surface area (Å²) in [5.41, 5.74) is 0.331. The van der Waals surface area contributed by atoms with Gasteiger partial charge in [0.05, 0.1) is 30.4 Å². The zero-order valence-electron chi connectivity index (χ0n) is 15.8. The van der Waals surface area contributed by atoms with Gasteiger partial charge in [0.2, 0.25) is 0 Å². The Kier molecular flexibility index (Phi) is 6.74. The maximum absolute atomic E-state index is 12.6. The van der Waals surface area contributed by atoms with E-state index in [1.54, 1.807) is 19.1 Å². The van der Waals surface area contributed by atoms with Gasteiger partial charge in [-0.1, -0.05) is 6.92 Å². The summed E-state index contributed by atoms with van der Waals surface area (Å²) in [6.07, 6.45) is 0. The Balaban J connectivity index is 1.63. The number of morpholine rings is 1. The van der Waals surface area contributed by atoms with Gasteiger partial charge in [-0.25, -0.2) is 16.8 Å². The van der Waals surface area contributed by atoms with E-state index in [0.717, 1.165) is 11.3 Å². The van der Waals surface area contributed by atoms with E-state index in [-0.39, 0.29) is 27.3 Å². The lowest BCUT2D eigenvalue weighted by Crippen LogP contribution is -2.40. The fraction of sp³-hybridized carbons (Fsp3) is 0.389. The van der Waals surface area contributed by atoms with Gasteiger partial charge >= 0.3 is 0 Å². The molecule has 1 aromatic heterocycles. The minimum absolute atomic E-state index is 0.00733. The average Bonchev–Trinajstić information content (AvgIpc) is 3.23. The second-order valence-corrected chi connectivity index (χ2v) is 12.0. The number of hydrogen-bond acceptors (Lipinski definition) is 7. The fourth-order valence-electron chi connectivity index (χ4n) is 2.76. The molecule has 1 N–H and O–H groups in total. The average molecular weight is 459 g/mol. The molecule has 0 unspecified atom stereocenters. The molecule has 1 aliphatic heterocycles. The van der Waals surface area contributed by atoms with Crippen molar-refractivity contribution in [2.24, 2.45) is 0 Å². The number of nitrogens with one attached hydrogen (secondary N) is 1. The van der Waals surface area contributed by atoms with Gasteiger partial charge in [0.25, 0.3) is 15.9 Å². The number of nitrogens with zero attached hydrogens (tertiary/aromatic N) is 1. The predicted molar refractivity (Wildman–Crippen MR) is 109 cm³/mol. The minimum atomic E-state index is -3.55. The van der Waals surface area contributed by atoms with Crippen LogP contribution in [0.3, 0.4) is 0 Å². The molecule has 1 saturated heterocycles. The lowest BCUT2D eigenvalue weighted by atomic mass is 10.2. The quantitative estimate of drug-likeness (QED) is 0.673. The van der Waals surface area contributed by atoms with Crippen molar-refractivity contribution in [3.8, 4) is 0 Å². The van der Waals surface area contributed by atoms with Crippen molar-refractivity contribution >= 4 is 37.1 Å². The molecule has 2 heterocycles. The van der Waals surface area contributed by atoms with Crippen molar-refractivity contribution in [1.82, 2.24) is 9.62 Å². The first kappa shape index (κ1) is 21.9.